The predicted molar refractivity (Wildman–Crippen MR) is 110 cm³/mol. The van der Waals surface area contributed by atoms with Crippen molar-refractivity contribution < 1.29 is 14.5 Å². The van der Waals surface area contributed by atoms with Crippen LogP contribution in [0.3, 0.4) is 0 Å². The highest BCUT2D eigenvalue weighted by Crippen LogP contribution is 2.24. The summed E-state index contributed by atoms with van der Waals surface area (Å²) >= 11 is 6.01. The van der Waals surface area contributed by atoms with Gasteiger partial charge in [-0.25, -0.2) is 0 Å². The van der Waals surface area contributed by atoms with Gasteiger partial charge in [-0.2, -0.15) is 0 Å². The van der Waals surface area contributed by atoms with E-state index in [1.165, 1.54) is 12.1 Å². The summed E-state index contributed by atoms with van der Waals surface area (Å²) in [5.41, 5.74) is 1.39. The maximum atomic E-state index is 12.6. The molecule has 0 atom stereocenters. The summed E-state index contributed by atoms with van der Waals surface area (Å²) in [6.07, 6.45) is 0. The molecule has 2 amide bonds. The van der Waals surface area contributed by atoms with E-state index in [1.807, 2.05) is 30.3 Å². The Balaban J connectivity index is 1.75. The van der Waals surface area contributed by atoms with Crippen LogP contribution in [0.5, 0.6) is 0 Å². The number of nitrogens with one attached hydrogen (secondary N) is 2. The molecular weight excluding hydrogens is 394 g/mol. The summed E-state index contributed by atoms with van der Waals surface area (Å²) in [6.45, 7) is 0.343. The topological polar surface area (TPSA) is 101 Å². The van der Waals surface area contributed by atoms with Crippen molar-refractivity contribution in [3.63, 3.8) is 0 Å². The summed E-state index contributed by atoms with van der Waals surface area (Å²) in [5, 5.41) is 16.2. The molecule has 0 spiro atoms. The van der Waals surface area contributed by atoms with Crippen molar-refractivity contribution in [1.82, 2.24) is 5.32 Å². The average Bonchev–Trinajstić information content (AvgIpc) is 2.73. The third-order valence-electron chi connectivity index (χ3n) is 4.12. The van der Waals surface area contributed by atoms with Gasteiger partial charge in [-0.15, -0.1) is 0 Å². The third-order valence-corrected chi connectivity index (χ3v) is 4.44. The van der Waals surface area contributed by atoms with Gasteiger partial charge in [0.25, 0.3) is 17.5 Å². The van der Waals surface area contributed by atoms with E-state index >= 15 is 0 Å². The number of nitro benzene ring substituents is 1. The molecule has 3 aromatic rings. The fourth-order valence-electron chi connectivity index (χ4n) is 2.65. The second-order valence-corrected chi connectivity index (χ2v) is 6.50. The zero-order valence-corrected chi connectivity index (χ0v) is 15.8. The average molecular weight is 410 g/mol. The minimum absolute atomic E-state index is 0.0530. The number of hydrogen-bond acceptors (Lipinski definition) is 4. The van der Waals surface area contributed by atoms with E-state index in [4.69, 9.17) is 11.6 Å². The largest absolute Gasteiger partial charge is 0.348 e. The Morgan fingerprint density at radius 3 is 2.28 bits per heavy atom. The van der Waals surface area contributed by atoms with E-state index in [9.17, 15) is 19.7 Å². The molecule has 0 aliphatic rings. The fraction of sp³-hybridized carbons (Fsp3) is 0.0476. The van der Waals surface area contributed by atoms with Crippen molar-refractivity contribution in [2.24, 2.45) is 0 Å². The molecule has 0 fully saturated rings. The number of carbonyl (C=O) groups excluding carboxylic acids is 2. The van der Waals surface area contributed by atoms with E-state index in [-0.39, 0.29) is 27.7 Å². The fourth-order valence-corrected chi connectivity index (χ4v) is 2.92. The number of para-hydroxylation sites is 1. The van der Waals surface area contributed by atoms with Crippen LogP contribution < -0.4 is 10.6 Å². The molecule has 29 heavy (non-hydrogen) atoms. The first-order valence-corrected chi connectivity index (χ1v) is 9.00. The Morgan fingerprint density at radius 2 is 1.59 bits per heavy atom. The highest BCUT2D eigenvalue weighted by Gasteiger charge is 2.18. The lowest BCUT2D eigenvalue weighted by molar-refractivity contribution is -0.384. The lowest BCUT2D eigenvalue weighted by atomic mass is 10.1. The minimum atomic E-state index is -0.597. The van der Waals surface area contributed by atoms with Crippen LogP contribution in [0, 0.1) is 10.1 Å². The van der Waals surface area contributed by atoms with Gasteiger partial charge in [0.15, 0.2) is 0 Å². The molecule has 0 saturated heterocycles. The van der Waals surface area contributed by atoms with Gasteiger partial charge in [-0.3, -0.25) is 19.7 Å². The van der Waals surface area contributed by atoms with Crippen molar-refractivity contribution in [3.05, 3.63) is 105 Å². The number of halogens is 1. The molecule has 0 aliphatic heterocycles. The van der Waals surface area contributed by atoms with Crippen LogP contribution in [0.15, 0.2) is 72.8 Å². The van der Waals surface area contributed by atoms with Crippen LogP contribution >= 0.6 is 11.6 Å². The first-order chi connectivity index (χ1) is 14.0. The number of non-ortho nitro benzene ring substituents is 1. The Hall–Kier alpha value is -3.71. The number of hydrogen-bond donors (Lipinski definition) is 2. The molecule has 3 rings (SSSR count). The predicted octanol–water partition coefficient (Wildman–Crippen LogP) is 4.43. The van der Waals surface area contributed by atoms with Crippen molar-refractivity contribution in [2.45, 2.75) is 6.54 Å². The van der Waals surface area contributed by atoms with Gasteiger partial charge in [-0.05, 0) is 23.8 Å². The summed E-state index contributed by atoms with van der Waals surface area (Å²) in [6, 6.07) is 19.6. The molecule has 3 aromatic carbocycles. The Labute approximate surface area is 171 Å². The van der Waals surface area contributed by atoms with Crippen molar-refractivity contribution in [3.8, 4) is 0 Å². The Morgan fingerprint density at radius 1 is 0.897 bits per heavy atom. The number of carbonyl (C=O) groups is 2. The second kappa shape index (κ2) is 8.99. The van der Waals surface area contributed by atoms with Gasteiger partial charge in [-0.1, -0.05) is 54.1 Å². The Kier molecular flexibility index (Phi) is 6.21. The minimum Gasteiger partial charge on any atom is -0.348 e. The summed E-state index contributed by atoms with van der Waals surface area (Å²) in [5.74, 6) is -0.923. The SMILES string of the molecule is O=C(Nc1ccccc1C(=O)NCc1ccccc1)c1ccc([N+](=O)[O-])cc1Cl. The number of amides is 2. The van der Waals surface area contributed by atoms with Crippen LogP contribution in [0.1, 0.15) is 26.3 Å². The van der Waals surface area contributed by atoms with Gasteiger partial charge in [0.1, 0.15) is 0 Å². The zero-order chi connectivity index (χ0) is 20.8. The number of anilines is 1. The van der Waals surface area contributed by atoms with Crippen molar-refractivity contribution in [1.29, 1.82) is 0 Å². The summed E-state index contributed by atoms with van der Waals surface area (Å²) < 4.78 is 0. The van der Waals surface area contributed by atoms with E-state index < -0.39 is 10.8 Å². The molecule has 0 saturated carbocycles. The maximum Gasteiger partial charge on any atom is 0.270 e. The number of nitro groups is 1. The van der Waals surface area contributed by atoms with E-state index in [1.54, 1.807) is 24.3 Å². The first-order valence-electron chi connectivity index (χ1n) is 8.62. The van der Waals surface area contributed by atoms with Crippen LogP contribution in [-0.4, -0.2) is 16.7 Å². The molecule has 0 bridgehead atoms. The molecule has 0 aromatic heterocycles. The molecule has 0 unspecified atom stereocenters. The van der Waals surface area contributed by atoms with Gasteiger partial charge in [0.2, 0.25) is 0 Å². The smallest absolute Gasteiger partial charge is 0.270 e. The summed E-state index contributed by atoms with van der Waals surface area (Å²) in [4.78, 5) is 35.4. The molecular formula is C21H16ClN3O4. The van der Waals surface area contributed by atoms with Gasteiger partial charge in [0.05, 0.1) is 26.8 Å². The van der Waals surface area contributed by atoms with E-state index in [2.05, 4.69) is 10.6 Å². The van der Waals surface area contributed by atoms with Crippen LogP contribution in [0.4, 0.5) is 11.4 Å². The molecule has 0 heterocycles. The van der Waals surface area contributed by atoms with Gasteiger partial charge in [0, 0.05) is 18.7 Å². The molecule has 7 nitrogen and oxygen atoms in total. The standard InChI is InChI=1S/C21H16ClN3O4/c22-18-12-15(25(28)29)10-11-16(18)21(27)24-19-9-5-4-8-17(19)20(26)23-13-14-6-2-1-3-7-14/h1-12H,13H2,(H,23,26)(H,24,27). The van der Waals surface area contributed by atoms with Crippen molar-refractivity contribution >= 4 is 34.8 Å². The zero-order valence-electron chi connectivity index (χ0n) is 15.1. The lowest BCUT2D eigenvalue weighted by Crippen LogP contribution is -2.25. The highest BCUT2D eigenvalue weighted by atomic mass is 35.5. The lowest BCUT2D eigenvalue weighted by Gasteiger charge is -2.12. The van der Waals surface area contributed by atoms with Crippen LogP contribution in [-0.2, 0) is 6.54 Å². The first kappa shape index (κ1) is 20.0. The van der Waals surface area contributed by atoms with E-state index in [0.717, 1.165) is 11.6 Å². The molecule has 8 heteroatoms. The number of nitrogens with zero attached hydrogens (tertiary/aromatic N) is 1. The molecule has 0 aliphatic carbocycles. The number of rotatable bonds is 6. The summed E-state index contributed by atoms with van der Waals surface area (Å²) in [7, 11) is 0. The maximum absolute atomic E-state index is 12.6. The second-order valence-electron chi connectivity index (χ2n) is 6.09. The van der Waals surface area contributed by atoms with Crippen molar-refractivity contribution in [2.75, 3.05) is 5.32 Å². The van der Waals surface area contributed by atoms with E-state index in [0.29, 0.717) is 12.2 Å². The van der Waals surface area contributed by atoms with Gasteiger partial charge < -0.3 is 10.6 Å². The molecule has 146 valence electrons. The molecule has 0 radical (unpaired) electrons. The normalized spacial score (nSPS) is 10.2. The van der Waals surface area contributed by atoms with Gasteiger partial charge >= 0.3 is 0 Å². The Bertz CT molecular complexity index is 1070. The van der Waals surface area contributed by atoms with Crippen LogP contribution in [0.2, 0.25) is 5.02 Å². The number of benzene rings is 3. The monoisotopic (exact) mass is 409 g/mol. The highest BCUT2D eigenvalue weighted by molar-refractivity contribution is 6.34. The third kappa shape index (κ3) is 4.97. The molecule has 2 N–H and O–H groups in total. The quantitative estimate of drug-likeness (QED) is 0.464. The van der Waals surface area contributed by atoms with Crippen LogP contribution in [0.25, 0.3) is 0 Å².